The molecule has 0 aliphatic rings. The van der Waals surface area contributed by atoms with Crippen LogP contribution in [0.1, 0.15) is 6.92 Å². The maximum absolute atomic E-state index is 13.6. The predicted octanol–water partition coefficient (Wildman–Crippen LogP) is 1.23. The van der Waals surface area contributed by atoms with Gasteiger partial charge in [-0.05, 0) is 6.92 Å². The van der Waals surface area contributed by atoms with Crippen molar-refractivity contribution in [1.82, 2.24) is 0 Å². The highest BCUT2D eigenvalue weighted by atomic mass is 19.1. The van der Waals surface area contributed by atoms with Crippen LogP contribution in [0.2, 0.25) is 0 Å². The number of hydrogen-bond donors (Lipinski definition) is 2. The number of nitrogen functional groups attached to an aromatic ring is 1. The van der Waals surface area contributed by atoms with Crippen molar-refractivity contribution in [2.24, 2.45) is 0 Å². The minimum Gasteiger partial charge on any atom is -0.495 e. The van der Waals surface area contributed by atoms with Gasteiger partial charge in [0.25, 0.3) is 0 Å². The fourth-order valence-electron chi connectivity index (χ4n) is 1.52. The quantitative estimate of drug-likeness (QED) is 0.761. The van der Waals surface area contributed by atoms with Gasteiger partial charge >= 0.3 is 0 Å². The Morgan fingerprint density at radius 1 is 1.56 bits per heavy atom. The van der Waals surface area contributed by atoms with E-state index in [1.54, 1.807) is 18.9 Å². The predicted molar refractivity (Wildman–Crippen MR) is 62.3 cm³/mol. The number of nitrogens with zero attached hydrogens (tertiary/aromatic N) is 1. The molecular weight excluding hydrogens is 211 g/mol. The Morgan fingerprint density at radius 2 is 2.19 bits per heavy atom. The van der Waals surface area contributed by atoms with Crippen molar-refractivity contribution in [2.75, 3.05) is 31.3 Å². The molecule has 0 saturated heterocycles. The first-order valence-electron chi connectivity index (χ1n) is 4.98. The maximum atomic E-state index is 13.6. The molecule has 0 spiro atoms. The van der Waals surface area contributed by atoms with E-state index in [9.17, 15) is 9.50 Å². The van der Waals surface area contributed by atoms with Gasteiger partial charge in [-0.15, -0.1) is 0 Å². The van der Waals surface area contributed by atoms with Crippen molar-refractivity contribution >= 4 is 11.4 Å². The van der Waals surface area contributed by atoms with Gasteiger partial charge in [-0.1, -0.05) is 0 Å². The maximum Gasteiger partial charge on any atom is 0.148 e. The molecule has 0 radical (unpaired) electrons. The monoisotopic (exact) mass is 228 g/mol. The Kier molecular flexibility index (Phi) is 3.95. The second kappa shape index (κ2) is 5.03. The summed E-state index contributed by atoms with van der Waals surface area (Å²) in [6, 6.07) is 2.74. The first-order chi connectivity index (χ1) is 7.45. The zero-order chi connectivity index (χ0) is 12.3. The van der Waals surface area contributed by atoms with Gasteiger partial charge in [0.1, 0.15) is 11.6 Å². The van der Waals surface area contributed by atoms with Gasteiger partial charge in [0.2, 0.25) is 0 Å². The van der Waals surface area contributed by atoms with Crippen molar-refractivity contribution in [3.8, 4) is 5.75 Å². The van der Waals surface area contributed by atoms with Gasteiger partial charge in [-0.3, -0.25) is 0 Å². The standard InChI is InChI=1S/C11H17FN2O2/c1-7(15)6-14(2)10-5-11(16-3)9(13)4-8(10)12/h4-5,7,15H,6,13H2,1-3H3. The van der Waals surface area contributed by atoms with E-state index in [1.807, 2.05) is 0 Å². The minimum atomic E-state index is -0.534. The van der Waals surface area contributed by atoms with Crippen LogP contribution in [-0.2, 0) is 0 Å². The van der Waals surface area contributed by atoms with Crippen molar-refractivity contribution in [3.05, 3.63) is 17.9 Å². The largest absolute Gasteiger partial charge is 0.495 e. The molecule has 0 amide bonds. The lowest BCUT2D eigenvalue weighted by atomic mass is 10.2. The normalized spacial score (nSPS) is 12.3. The highest BCUT2D eigenvalue weighted by Gasteiger charge is 2.13. The zero-order valence-electron chi connectivity index (χ0n) is 9.70. The molecule has 0 fully saturated rings. The van der Waals surface area contributed by atoms with Crippen molar-refractivity contribution in [2.45, 2.75) is 13.0 Å². The van der Waals surface area contributed by atoms with E-state index in [4.69, 9.17) is 10.5 Å². The summed E-state index contributed by atoms with van der Waals surface area (Å²) in [6.45, 7) is 1.98. The van der Waals surface area contributed by atoms with Crippen LogP contribution in [0.3, 0.4) is 0 Å². The summed E-state index contributed by atoms with van der Waals surface area (Å²) < 4.78 is 18.6. The molecule has 0 aliphatic carbocycles. The summed E-state index contributed by atoms with van der Waals surface area (Å²) in [5.74, 6) is -0.00436. The number of hydrogen-bond acceptors (Lipinski definition) is 4. The molecular formula is C11H17FN2O2. The van der Waals surface area contributed by atoms with Crippen LogP contribution in [0.25, 0.3) is 0 Å². The van der Waals surface area contributed by atoms with Gasteiger partial charge in [0.05, 0.1) is 24.6 Å². The Balaban J connectivity index is 3.03. The van der Waals surface area contributed by atoms with Gasteiger partial charge in [0.15, 0.2) is 0 Å². The highest BCUT2D eigenvalue weighted by molar-refractivity contribution is 5.63. The Morgan fingerprint density at radius 3 is 2.69 bits per heavy atom. The van der Waals surface area contributed by atoms with Crippen LogP contribution in [0.4, 0.5) is 15.8 Å². The topological polar surface area (TPSA) is 58.7 Å². The van der Waals surface area contributed by atoms with Gasteiger partial charge in [-0.25, -0.2) is 4.39 Å². The lowest BCUT2D eigenvalue weighted by Gasteiger charge is -2.22. The van der Waals surface area contributed by atoms with Gasteiger partial charge in [0, 0.05) is 25.7 Å². The number of anilines is 2. The van der Waals surface area contributed by atoms with Gasteiger partial charge < -0.3 is 20.5 Å². The fraction of sp³-hybridized carbons (Fsp3) is 0.455. The molecule has 3 N–H and O–H groups in total. The Labute approximate surface area is 94.4 Å². The van der Waals surface area contributed by atoms with Gasteiger partial charge in [-0.2, -0.15) is 0 Å². The average Bonchev–Trinajstić information content (AvgIpc) is 2.16. The lowest BCUT2D eigenvalue weighted by Crippen LogP contribution is -2.27. The van der Waals surface area contributed by atoms with Crippen LogP contribution < -0.4 is 15.4 Å². The van der Waals surface area contributed by atoms with E-state index in [0.717, 1.165) is 0 Å². The summed E-state index contributed by atoms with van der Waals surface area (Å²) in [4.78, 5) is 1.61. The molecule has 1 aromatic rings. The van der Waals surface area contributed by atoms with E-state index in [-0.39, 0.29) is 5.69 Å². The summed E-state index contributed by atoms with van der Waals surface area (Å²) >= 11 is 0. The molecule has 0 aromatic heterocycles. The van der Waals surface area contributed by atoms with Crippen LogP contribution in [-0.4, -0.2) is 31.9 Å². The van der Waals surface area contributed by atoms with Crippen LogP contribution in [0.5, 0.6) is 5.75 Å². The van der Waals surface area contributed by atoms with E-state index in [0.29, 0.717) is 18.0 Å². The molecule has 0 aliphatic heterocycles. The summed E-state index contributed by atoms with van der Waals surface area (Å²) in [5, 5.41) is 9.24. The molecule has 5 heteroatoms. The van der Waals surface area contributed by atoms with E-state index >= 15 is 0 Å². The summed E-state index contributed by atoms with van der Waals surface area (Å²) in [7, 11) is 3.17. The van der Waals surface area contributed by atoms with Crippen molar-refractivity contribution in [3.63, 3.8) is 0 Å². The molecule has 1 atom stereocenters. The third-order valence-electron chi connectivity index (χ3n) is 2.25. The summed E-state index contributed by atoms with van der Waals surface area (Å²) in [5.41, 5.74) is 6.18. The smallest absolute Gasteiger partial charge is 0.148 e. The Hall–Kier alpha value is -1.49. The number of rotatable bonds is 4. The number of methoxy groups -OCH3 is 1. The second-order valence-corrected chi connectivity index (χ2v) is 3.78. The number of nitrogens with two attached hydrogens (primary N) is 1. The molecule has 90 valence electrons. The molecule has 1 rings (SSSR count). The third kappa shape index (κ3) is 2.76. The molecule has 0 saturated carbocycles. The molecule has 4 nitrogen and oxygen atoms in total. The van der Waals surface area contributed by atoms with E-state index in [1.165, 1.54) is 19.2 Å². The van der Waals surface area contributed by atoms with E-state index in [2.05, 4.69) is 0 Å². The number of halogens is 1. The fourth-order valence-corrected chi connectivity index (χ4v) is 1.52. The average molecular weight is 228 g/mol. The van der Waals surface area contributed by atoms with E-state index < -0.39 is 11.9 Å². The van der Waals surface area contributed by atoms with Crippen molar-refractivity contribution in [1.29, 1.82) is 0 Å². The minimum absolute atomic E-state index is 0.259. The highest BCUT2D eigenvalue weighted by Crippen LogP contribution is 2.30. The molecule has 1 aromatic carbocycles. The number of benzene rings is 1. The number of aliphatic hydroxyl groups is 1. The number of ether oxygens (including phenoxy) is 1. The van der Waals surface area contributed by atoms with Crippen molar-refractivity contribution < 1.29 is 14.2 Å². The summed E-state index contributed by atoms with van der Waals surface area (Å²) in [6.07, 6.45) is -0.534. The first-order valence-corrected chi connectivity index (χ1v) is 4.98. The Bertz CT molecular complexity index is 369. The number of aliphatic hydroxyl groups excluding tert-OH is 1. The second-order valence-electron chi connectivity index (χ2n) is 3.78. The van der Waals surface area contributed by atoms with Crippen LogP contribution in [0.15, 0.2) is 12.1 Å². The molecule has 0 heterocycles. The van der Waals surface area contributed by atoms with Crippen LogP contribution >= 0.6 is 0 Å². The zero-order valence-corrected chi connectivity index (χ0v) is 9.70. The third-order valence-corrected chi connectivity index (χ3v) is 2.25. The lowest BCUT2D eigenvalue weighted by molar-refractivity contribution is 0.201. The molecule has 1 unspecified atom stereocenters. The van der Waals surface area contributed by atoms with Crippen LogP contribution in [0, 0.1) is 5.82 Å². The SMILES string of the molecule is COc1cc(N(C)CC(C)O)c(F)cc1N. The molecule has 0 bridgehead atoms. The first kappa shape index (κ1) is 12.6. The molecule has 16 heavy (non-hydrogen) atoms. The number of likely N-dealkylation sites (N-methyl/N-ethyl adjacent to an activating group) is 1.